The molecule has 1 aromatic heterocycles. The molecule has 4 atom stereocenters. The number of hydrogen-bond acceptors (Lipinski definition) is 7. The normalized spacial score (nSPS) is 14.8. The molecule has 0 spiro atoms. The van der Waals surface area contributed by atoms with E-state index < -0.39 is 67.0 Å². The molecule has 3 amide bonds. The van der Waals surface area contributed by atoms with Crippen molar-refractivity contribution in [1.29, 1.82) is 0 Å². The molecule has 4 unspecified atom stereocenters. The van der Waals surface area contributed by atoms with Crippen molar-refractivity contribution in [2.75, 3.05) is 13.2 Å². The van der Waals surface area contributed by atoms with Crippen LogP contribution in [0.4, 0.5) is 0 Å². The van der Waals surface area contributed by atoms with Crippen molar-refractivity contribution in [3.05, 3.63) is 36.0 Å². The van der Waals surface area contributed by atoms with Gasteiger partial charge in [0.15, 0.2) is 0 Å². The van der Waals surface area contributed by atoms with Gasteiger partial charge in [-0.3, -0.25) is 14.4 Å². The van der Waals surface area contributed by atoms with E-state index in [0.29, 0.717) is 0 Å². The number of aromatic nitrogens is 1. The van der Waals surface area contributed by atoms with Gasteiger partial charge in [0.25, 0.3) is 0 Å². The van der Waals surface area contributed by atoms with Gasteiger partial charge < -0.3 is 42.0 Å². The predicted molar refractivity (Wildman–Crippen MR) is 122 cm³/mol. The third kappa shape index (κ3) is 6.76. The second-order valence-corrected chi connectivity index (χ2v) is 8.23. The first-order chi connectivity index (χ1) is 16.1. The molecule has 2 rings (SSSR count). The third-order valence-electron chi connectivity index (χ3n) is 5.31. The van der Waals surface area contributed by atoms with Gasteiger partial charge in [-0.15, -0.1) is 0 Å². The molecule has 0 bridgehead atoms. The molecule has 0 aliphatic heterocycles. The molecule has 12 heteroatoms. The summed E-state index contributed by atoms with van der Waals surface area (Å²) in [6, 6.07) is 2.40. The number of nitrogens with one attached hydrogen (secondary N) is 4. The first-order valence-corrected chi connectivity index (χ1v) is 10.7. The maximum Gasteiger partial charge on any atom is 0.328 e. The van der Waals surface area contributed by atoms with Crippen molar-refractivity contribution < 1.29 is 34.5 Å². The number of H-pyrrole nitrogens is 1. The second-order valence-electron chi connectivity index (χ2n) is 8.23. The van der Waals surface area contributed by atoms with Gasteiger partial charge in [0.2, 0.25) is 17.7 Å². The van der Waals surface area contributed by atoms with Gasteiger partial charge in [0, 0.05) is 17.1 Å². The molecule has 0 radical (unpaired) electrons. The van der Waals surface area contributed by atoms with Crippen molar-refractivity contribution in [3.8, 4) is 0 Å². The van der Waals surface area contributed by atoms with Crippen molar-refractivity contribution >= 4 is 34.6 Å². The topological polar surface area (TPSA) is 207 Å². The van der Waals surface area contributed by atoms with Crippen LogP contribution in [-0.2, 0) is 25.6 Å². The minimum absolute atomic E-state index is 0.185. The number of aliphatic carboxylic acids is 1. The number of rotatable bonds is 12. The number of amides is 3. The van der Waals surface area contributed by atoms with E-state index in [1.54, 1.807) is 20.0 Å². The Kier molecular flexibility index (Phi) is 9.54. The molecular weight excluding hydrogens is 446 g/mol. The second kappa shape index (κ2) is 12.1. The SMILES string of the molecule is CC(C)C(NC(=O)C(CO)NC(=O)C(N)Cc1c[nH]c2ccccc12)C(=O)NC(CO)C(=O)O. The lowest BCUT2D eigenvalue weighted by molar-refractivity contribution is -0.143. The Morgan fingerprint density at radius 3 is 2.15 bits per heavy atom. The summed E-state index contributed by atoms with van der Waals surface area (Å²) in [5.74, 6) is -4.24. The van der Waals surface area contributed by atoms with E-state index in [0.717, 1.165) is 16.5 Å². The molecule has 0 fully saturated rings. The Morgan fingerprint density at radius 1 is 0.941 bits per heavy atom. The fraction of sp³-hybridized carbons (Fsp3) is 0.455. The van der Waals surface area contributed by atoms with Crippen LogP contribution in [0.15, 0.2) is 30.5 Å². The summed E-state index contributed by atoms with van der Waals surface area (Å²) in [6.07, 6.45) is 1.93. The number of carboxylic acids is 1. The first-order valence-electron chi connectivity index (χ1n) is 10.7. The summed E-state index contributed by atoms with van der Waals surface area (Å²) in [7, 11) is 0. The van der Waals surface area contributed by atoms with Crippen molar-refractivity contribution in [1.82, 2.24) is 20.9 Å². The number of nitrogens with two attached hydrogens (primary N) is 1. The first kappa shape index (κ1) is 26.8. The quantitative estimate of drug-likeness (QED) is 0.175. The number of aliphatic hydroxyl groups is 2. The van der Waals surface area contributed by atoms with Crippen LogP contribution in [0, 0.1) is 5.92 Å². The van der Waals surface area contributed by atoms with Gasteiger partial charge >= 0.3 is 5.97 Å². The van der Waals surface area contributed by atoms with E-state index in [2.05, 4.69) is 20.9 Å². The molecule has 34 heavy (non-hydrogen) atoms. The Bertz CT molecular complexity index is 1020. The molecule has 1 heterocycles. The van der Waals surface area contributed by atoms with Crippen LogP contribution in [0.5, 0.6) is 0 Å². The summed E-state index contributed by atoms with van der Waals surface area (Å²) in [6.45, 7) is 1.65. The van der Waals surface area contributed by atoms with Gasteiger partial charge in [0.1, 0.15) is 18.1 Å². The van der Waals surface area contributed by atoms with Crippen LogP contribution < -0.4 is 21.7 Å². The summed E-state index contributed by atoms with van der Waals surface area (Å²) in [4.78, 5) is 51.8. The number of carbonyl (C=O) groups excluding carboxylic acids is 3. The molecular formula is C22H31N5O7. The molecule has 9 N–H and O–H groups in total. The zero-order chi connectivity index (χ0) is 25.4. The highest BCUT2D eigenvalue weighted by molar-refractivity contribution is 5.94. The Balaban J connectivity index is 2.01. The van der Waals surface area contributed by atoms with E-state index in [1.165, 1.54) is 0 Å². The monoisotopic (exact) mass is 477 g/mol. The smallest absolute Gasteiger partial charge is 0.328 e. The largest absolute Gasteiger partial charge is 0.480 e. The fourth-order valence-electron chi connectivity index (χ4n) is 3.34. The van der Waals surface area contributed by atoms with Crippen LogP contribution in [-0.4, -0.2) is 81.4 Å². The lowest BCUT2D eigenvalue weighted by atomic mass is 10.0. The zero-order valence-corrected chi connectivity index (χ0v) is 18.9. The number of aromatic amines is 1. The van der Waals surface area contributed by atoms with Crippen LogP contribution >= 0.6 is 0 Å². The van der Waals surface area contributed by atoms with Crippen LogP contribution in [0.25, 0.3) is 10.9 Å². The van der Waals surface area contributed by atoms with Gasteiger partial charge in [-0.1, -0.05) is 32.0 Å². The van der Waals surface area contributed by atoms with Gasteiger partial charge in [-0.25, -0.2) is 4.79 Å². The number of fused-ring (bicyclic) bond motifs is 1. The highest BCUT2D eigenvalue weighted by atomic mass is 16.4. The zero-order valence-electron chi connectivity index (χ0n) is 18.9. The highest BCUT2D eigenvalue weighted by Gasteiger charge is 2.31. The highest BCUT2D eigenvalue weighted by Crippen LogP contribution is 2.18. The maximum atomic E-state index is 12.7. The van der Waals surface area contributed by atoms with E-state index >= 15 is 0 Å². The van der Waals surface area contributed by atoms with E-state index in [4.69, 9.17) is 15.9 Å². The summed E-state index contributed by atoms with van der Waals surface area (Å²) < 4.78 is 0. The number of aliphatic hydroxyl groups excluding tert-OH is 2. The average molecular weight is 478 g/mol. The lowest BCUT2D eigenvalue weighted by Crippen LogP contribution is -2.59. The number of carboxylic acid groups (broad SMARTS) is 1. The van der Waals surface area contributed by atoms with Crippen molar-refractivity contribution in [3.63, 3.8) is 0 Å². The minimum Gasteiger partial charge on any atom is -0.480 e. The third-order valence-corrected chi connectivity index (χ3v) is 5.31. The summed E-state index contributed by atoms with van der Waals surface area (Å²) in [5, 5.41) is 35.6. The van der Waals surface area contributed by atoms with Crippen LogP contribution in [0.2, 0.25) is 0 Å². The molecule has 2 aromatic rings. The fourth-order valence-corrected chi connectivity index (χ4v) is 3.34. The Morgan fingerprint density at radius 2 is 1.56 bits per heavy atom. The number of benzene rings is 1. The molecule has 0 aliphatic rings. The Hall–Kier alpha value is -3.48. The molecule has 12 nitrogen and oxygen atoms in total. The summed E-state index contributed by atoms with van der Waals surface area (Å²) in [5.41, 5.74) is 7.72. The molecule has 1 aromatic carbocycles. The standard InChI is InChI=1S/C22H31N5O7/c1-11(2)18(21(32)26-17(10-29)22(33)34)27-20(31)16(9-28)25-19(30)14(23)7-12-8-24-15-6-4-3-5-13(12)15/h3-6,8,11,14,16-18,24,28-29H,7,9-10,23H2,1-2H3,(H,25,30)(H,26,32)(H,27,31)(H,33,34). The number of para-hydroxylation sites is 1. The molecule has 186 valence electrons. The number of hydrogen-bond donors (Lipinski definition) is 8. The average Bonchev–Trinajstić information content (AvgIpc) is 3.21. The van der Waals surface area contributed by atoms with E-state index in [9.17, 15) is 24.3 Å². The lowest BCUT2D eigenvalue weighted by Gasteiger charge is -2.26. The van der Waals surface area contributed by atoms with E-state index in [1.807, 2.05) is 24.3 Å². The van der Waals surface area contributed by atoms with Crippen LogP contribution in [0.1, 0.15) is 19.4 Å². The van der Waals surface area contributed by atoms with Gasteiger partial charge in [-0.2, -0.15) is 0 Å². The van der Waals surface area contributed by atoms with Crippen molar-refractivity contribution in [2.24, 2.45) is 11.7 Å². The van der Waals surface area contributed by atoms with Gasteiger partial charge in [0.05, 0.1) is 19.3 Å². The number of carbonyl (C=O) groups is 4. The maximum absolute atomic E-state index is 12.7. The van der Waals surface area contributed by atoms with E-state index in [-0.39, 0.29) is 6.42 Å². The minimum atomic E-state index is -1.54. The van der Waals surface area contributed by atoms with Gasteiger partial charge in [-0.05, 0) is 24.0 Å². The summed E-state index contributed by atoms with van der Waals surface area (Å²) >= 11 is 0. The molecule has 0 aliphatic carbocycles. The molecule has 0 saturated carbocycles. The Labute approximate surface area is 195 Å². The van der Waals surface area contributed by atoms with Crippen molar-refractivity contribution in [2.45, 2.75) is 44.4 Å². The predicted octanol–water partition coefficient (Wildman–Crippen LogP) is -1.78. The molecule has 0 saturated heterocycles. The van der Waals surface area contributed by atoms with Crippen LogP contribution in [0.3, 0.4) is 0 Å².